The van der Waals surface area contributed by atoms with Crippen molar-refractivity contribution in [3.05, 3.63) is 24.3 Å². The van der Waals surface area contributed by atoms with Crippen LogP contribution in [-0.4, -0.2) is 30.8 Å². The first-order valence-electron chi connectivity index (χ1n) is 7.09. The topological polar surface area (TPSA) is 47.3 Å². The van der Waals surface area contributed by atoms with Gasteiger partial charge in [-0.3, -0.25) is 0 Å². The molecule has 0 aromatic rings. The van der Waals surface area contributed by atoms with Gasteiger partial charge in [0.1, 0.15) is 0 Å². The summed E-state index contributed by atoms with van der Waals surface area (Å²) in [4.78, 5) is 0. The zero-order chi connectivity index (χ0) is 13.0. The molecule has 2 atom stereocenters. The number of rotatable bonds is 4. The Hall–Kier alpha value is -0.640. The molecule has 0 amide bonds. The minimum Gasteiger partial charge on any atom is -0.381 e. The van der Waals surface area contributed by atoms with E-state index in [-0.39, 0.29) is 11.6 Å². The van der Waals surface area contributed by atoms with Gasteiger partial charge in [-0.05, 0) is 25.2 Å². The van der Waals surface area contributed by atoms with Gasteiger partial charge >= 0.3 is 0 Å². The second kappa shape index (κ2) is 6.00. The van der Waals surface area contributed by atoms with Gasteiger partial charge in [-0.25, -0.2) is 0 Å². The van der Waals surface area contributed by atoms with E-state index in [0.717, 1.165) is 32.5 Å². The Balaban J connectivity index is 2.08. The van der Waals surface area contributed by atoms with E-state index in [1.807, 2.05) is 0 Å². The highest BCUT2D eigenvalue weighted by Gasteiger charge is 2.36. The van der Waals surface area contributed by atoms with Crippen LogP contribution in [0.5, 0.6) is 0 Å². The molecule has 1 fully saturated rings. The predicted molar refractivity (Wildman–Crippen MR) is 75.4 cm³/mol. The highest BCUT2D eigenvalue weighted by molar-refractivity contribution is 5.27. The SMILES string of the molecule is CC(C)CC1(NC2CCOCC2)C=CC=CC1N. The highest BCUT2D eigenvalue weighted by Crippen LogP contribution is 2.27. The maximum Gasteiger partial charge on any atom is 0.0561 e. The molecule has 0 aromatic heterocycles. The highest BCUT2D eigenvalue weighted by atomic mass is 16.5. The molecular formula is C15H26N2O. The molecule has 2 rings (SSSR count). The fourth-order valence-electron chi connectivity index (χ4n) is 3.00. The van der Waals surface area contributed by atoms with E-state index in [1.54, 1.807) is 0 Å². The number of ether oxygens (including phenoxy) is 1. The Morgan fingerprint density at radius 3 is 2.67 bits per heavy atom. The maximum atomic E-state index is 6.35. The van der Waals surface area contributed by atoms with Crippen LogP contribution in [0, 0.1) is 5.92 Å². The second-order valence-corrected chi connectivity index (χ2v) is 5.94. The Morgan fingerprint density at radius 1 is 1.33 bits per heavy atom. The van der Waals surface area contributed by atoms with Crippen molar-refractivity contribution in [1.29, 1.82) is 0 Å². The molecule has 2 aliphatic rings. The van der Waals surface area contributed by atoms with Crippen molar-refractivity contribution in [2.75, 3.05) is 13.2 Å². The third kappa shape index (κ3) is 3.22. The van der Waals surface area contributed by atoms with Gasteiger partial charge in [0.25, 0.3) is 0 Å². The third-order valence-electron chi connectivity index (χ3n) is 3.86. The van der Waals surface area contributed by atoms with E-state index in [0.29, 0.717) is 12.0 Å². The first-order chi connectivity index (χ1) is 8.62. The molecule has 2 unspecified atom stereocenters. The lowest BCUT2D eigenvalue weighted by Crippen LogP contribution is -2.61. The first kappa shape index (κ1) is 13.8. The van der Waals surface area contributed by atoms with Crippen molar-refractivity contribution in [2.45, 2.75) is 50.7 Å². The van der Waals surface area contributed by atoms with Gasteiger partial charge in [-0.15, -0.1) is 0 Å². The number of hydrogen-bond acceptors (Lipinski definition) is 3. The van der Waals surface area contributed by atoms with Crippen molar-refractivity contribution in [3.63, 3.8) is 0 Å². The lowest BCUT2D eigenvalue weighted by molar-refractivity contribution is 0.0681. The fourth-order valence-corrected chi connectivity index (χ4v) is 3.00. The van der Waals surface area contributed by atoms with Crippen LogP contribution >= 0.6 is 0 Å². The molecular weight excluding hydrogens is 224 g/mol. The fraction of sp³-hybridized carbons (Fsp3) is 0.733. The Bertz CT molecular complexity index is 318. The van der Waals surface area contributed by atoms with E-state index in [2.05, 4.69) is 43.5 Å². The van der Waals surface area contributed by atoms with Gasteiger partial charge in [-0.2, -0.15) is 0 Å². The van der Waals surface area contributed by atoms with Crippen LogP contribution in [0.3, 0.4) is 0 Å². The monoisotopic (exact) mass is 250 g/mol. The summed E-state index contributed by atoms with van der Waals surface area (Å²) < 4.78 is 5.43. The first-order valence-corrected chi connectivity index (χ1v) is 7.09. The molecule has 1 saturated heterocycles. The zero-order valence-electron chi connectivity index (χ0n) is 11.6. The summed E-state index contributed by atoms with van der Waals surface area (Å²) in [5.74, 6) is 0.625. The van der Waals surface area contributed by atoms with Crippen LogP contribution < -0.4 is 11.1 Å². The summed E-state index contributed by atoms with van der Waals surface area (Å²) in [5, 5.41) is 3.81. The summed E-state index contributed by atoms with van der Waals surface area (Å²) in [6.45, 7) is 6.24. The molecule has 3 nitrogen and oxygen atoms in total. The molecule has 0 saturated carbocycles. The van der Waals surface area contributed by atoms with E-state index in [4.69, 9.17) is 10.5 Å². The van der Waals surface area contributed by atoms with Crippen LogP contribution in [0.2, 0.25) is 0 Å². The van der Waals surface area contributed by atoms with Gasteiger partial charge < -0.3 is 15.8 Å². The van der Waals surface area contributed by atoms with Crippen LogP contribution in [-0.2, 0) is 4.74 Å². The summed E-state index contributed by atoms with van der Waals surface area (Å²) >= 11 is 0. The van der Waals surface area contributed by atoms with Crippen LogP contribution in [0.1, 0.15) is 33.1 Å². The predicted octanol–water partition coefficient (Wildman–Crippen LogP) is 1.99. The van der Waals surface area contributed by atoms with Crippen molar-refractivity contribution in [1.82, 2.24) is 5.32 Å². The minimum absolute atomic E-state index is 0.0627. The van der Waals surface area contributed by atoms with E-state index >= 15 is 0 Å². The van der Waals surface area contributed by atoms with Crippen molar-refractivity contribution in [3.8, 4) is 0 Å². The number of nitrogens with two attached hydrogens (primary N) is 1. The molecule has 0 bridgehead atoms. The van der Waals surface area contributed by atoms with Gasteiger partial charge in [0, 0.05) is 25.3 Å². The maximum absolute atomic E-state index is 6.35. The lowest BCUT2D eigenvalue weighted by atomic mass is 9.79. The molecule has 0 aromatic carbocycles. The normalized spacial score (nSPS) is 33.2. The largest absolute Gasteiger partial charge is 0.381 e. The standard InChI is InChI=1S/C15H26N2O/c1-12(2)11-15(8-4-3-5-14(15)16)17-13-6-9-18-10-7-13/h3-5,8,12-14,17H,6-7,9-11,16H2,1-2H3. The smallest absolute Gasteiger partial charge is 0.0561 e. The summed E-state index contributed by atoms with van der Waals surface area (Å²) in [6.07, 6.45) is 11.8. The van der Waals surface area contributed by atoms with Crippen LogP contribution in [0.25, 0.3) is 0 Å². The van der Waals surface area contributed by atoms with Crippen LogP contribution in [0.15, 0.2) is 24.3 Å². The minimum atomic E-state index is -0.0784. The average molecular weight is 250 g/mol. The molecule has 18 heavy (non-hydrogen) atoms. The molecule has 1 heterocycles. The second-order valence-electron chi connectivity index (χ2n) is 5.94. The van der Waals surface area contributed by atoms with E-state index < -0.39 is 0 Å². The molecule has 0 radical (unpaired) electrons. The summed E-state index contributed by atoms with van der Waals surface area (Å²) in [7, 11) is 0. The van der Waals surface area contributed by atoms with Crippen molar-refractivity contribution in [2.24, 2.45) is 11.7 Å². The molecule has 0 spiro atoms. The van der Waals surface area contributed by atoms with E-state index in [1.165, 1.54) is 0 Å². The summed E-state index contributed by atoms with van der Waals surface area (Å²) in [6, 6.07) is 0.590. The number of allylic oxidation sites excluding steroid dienone is 2. The molecule has 1 aliphatic carbocycles. The molecule has 1 aliphatic heterocycles. The van der Waals surface area contributed by atoms with Gasteiger partial charge in [0.2, 0.25) is 0 Å². The Kier molecular flexibility index (Phi) is 4.60. The number of nitrogens with one attached hydrogen (secondary N) is 1. The molecule has 3 N–H and O–H groups in total. The van der Waals surface area contributed by atoms with Gasteiger partial charge in [-0.1, -0.05) is 38.2 Å². The van der Waals surface area contributed by atoms with Crippen molar-refractivity contribution < 1.29 is 4.74 Å². The zero-order valence-corrected chi connectivity index (χ0v) is 11.6. The Labute approximate surface area is 110 Å². The summed E-state index contributed by atoms with van der Waals surface area (Å²) in [5.41, 5.74) is 6.27. The van der Waals surface area contributed by atoms with Gasteiger partial charge in [0.05, 0.1) is 5.54 Å². The van der Waals surface area contributed by atoms with Crippen molar-refractivity contribution >= 4 is 0 Å². The lowest BCUT2D eigenvalue weighted by Gasteiger charge is -2.42. The van der Waals surface area contributed by atoms with E-state index in [9.17, 15) is 0 Å². The van der Waals surface area contributed by atoms with Gasteiger partial charge in [0.15, 0.2) is 0 Å². The van der Waals surface area contributed by atoms with Crippen LogP contribution in [0.4, 0.5) is 0 Å². The number of hydrogen-bond donors (Lipinski definition) is 2. The average Bonchev–Trinajstić information content (AvgIpc) is 2.33. The molecule has 3 heteroatoms. The molecule has 102 valence electrons. The third-order valence-corrected chi connectivity index (χ3v) is 3.86. The Morgan fingerprint density at radius 2 is 2.06 bits per heavy atom. The quantitative estimate of drug-likeness (QED) is 0.802.